The molecule has 6 nitrogen and oxygen atoms in total. The van der Waals surface area contributed by atoms with Gasteiger partial charge < -0.3 is 9.64 Å². The summed E-state index contributed by atoms with van der Waals surface area (Å²) in [5.74, 6) is 0. The number of piperazine rings is 1. The van der Waals surface area contributed by atoms with Gasteiger partial charge in [0.2, 0.25) is 10.0 Å². The van der Waals surface area contributed by atoms with Gasteiger partial charge in [-0.15, -0.1) is 0 Å². The molecule has 10 heteroatoms. The van der Waals surface area contributed by atoms with Gasteiger partial charge in [0.05, 0.1) is 18.2 Å². The van der Waals surface area contributed by atoms with Gasteiger partial charge in [-0.25, -0.2) is 8.42 Å². The van der Waals surface area contributed by atoms with Gasteiger partial charge in [-0.3, -0.25) is 4.90 Å². The average molecular weight is 410 g/mol. The molecule has 132 valence electrons. The van der Waals surface area contributed by atoms with Crippen LogP contribution in [0.4, 0.5) is 0 Å². The lowest BCUT2D eigenvalue weighted by Crippen LogP contribution is -2.51. The number of benzene rings is 1. The Bertz CT molecular complexity index is 737. The Kier molecular flexibility index (Phi) is 5.53. The summed E-state index contributed by atoms with van der Waals surface area (Å²) >= 11 is 17.1. The number of nitrogens with zero attached hydrogens (tertiary/aromatic N) is 3. The standard InChI is InChI=1S/C14H17Cl2N3O3S2/c15-11-1-2-12(16)13(9-11)24(20,21)19-5-3-17(4-6-19)10-18-7-8-22-14(18)23/h1-2,9H,3-8,10H2. The van der Waals surface area contributed by atoms with Crippen LogP contribution in [0, 0.1) is 0 Å². The monoisotopic (exact) mass is 409 g/mol. The third-order valence-corrected chi connectivity index (χ3v) is 7.05. The molecule has 0 amide bonds. The van der Waals surface area contributed by atoms with Gasteiger partial charge in [0.1, 0.15) is 11.5 Å². The molecule has 0 spiro atoms. The fraction of sp³-hybridized carbons (Fsp3) is 0.500. The molecule has 0 aliphatic carbocycles. The summed E-state index contributed by atoms with van der Waals surface area (Å²) in [6, 6.07) is 4.47. The van der Waals surface area contributed by atoms with Gasteiger partial charge in [-0.2, -0.15) is 4.31 Å². The molecule has 2 aliphatic rings. The van der Waals surface area contributed by atoms with E-state index in [1.165, 1.54) is 16.4 Å². The van der Waals surface area contributed by atoms with Gasteiger partial charge in [0, 0.05) is 31.2 Å². The molecular formula is C14H17Cl2N3O3S2. The lowest BCUT2D eigenvalue weighted by molar-refractivity contribution is 0.142. The summed E-state index contributed by atoms with van der Waals surface area (Å²) in [7, 11) is -3.65. The van der Waals surface area contributed by atoms with Crippen LogP contribution in [-0.2, 0) is 14.8 Å². The zero-order valence-corrected chi connectivity index (χ0v) is 16.0. The largest absolute Gasteiger partial charge is 0.469 e. The molecule has 2 saturated heterocycles. The molecule has 1 aromatic carbocycles. The van der Waals surface area contributed by atoms with Gasteiger partial charge >= 0.3 is 0 Å². The predicted octanol–water partition coefficient (Wildman–Crippen LogP) is 1.87. The number of hydrogen-bond donors (Lipinski definition) is 0. The van der Waals surface area contributed by atoms with E-state index in [9.17, 15) is 8.42 Å². The average Bonchev–Trinajstić information content (AvgIpc) is 2.95. The fourth-order valence-corrected chi connectivity index (χ4v) is 5.11. The number of sulfonamides is 1. The van der Waals surface area contributed by atoms with E-state index in [0.29, 0.717) is 49.7 Å². The highest BCUT2D eigenvalue weighted by atomic mass is 35.5. The first-order valence-electron chi connectivity index (χ1n) is 7.47. The van der Waals surface area contributed by atoms with Crippen LogP contribution in [0.5, 0.6) is 0 Å². The minimum atomic E-state index is -3.65. The normalized spacial score (nSPS) is 20.4. The summed E-state index contributed by atoms with van der Waals surface area (Å²) in [5, 5.41) is 1.04. The van der Waals surface area contributed by atoms with Crippen molar-refractivity contribution in [2.24, 2.45) is 0 Å². The van der Waals surface area contributed by atoms with Crippen LogP contribution >= 0.6 is 35.4 Å². The topological polar surface area (TPSA) is 53.1 Å². The van der Waals surface area contributed by atoms with Gasteiger partial charge in [0.15, 0.2) is 0 Å². The molecule has 0 N–H and O–H groups in total. The lowest BCUT2D eigenvalue weighted by Gasteiger charge is -2.35. The zero-order chi connectivity index (χ0) is 17.3. The number of hydrogen-bond acceptors (Lipinski definition) is 5. The Balaban J connectivity index is 1.65. The Morgan fingerprint density at radius 2 is 1.83 bits per heavy atom. The Hall–Kier alpha value is -0.640. The van der Waals surface area contributed by atoms with E-state index in [4.69, 9.17) is 40.2 Å². The van der Waals surface area contributed by atoms with Crippen LogP contribution in [0.2, 0.25) is 10.0 Å². The second-order valence-electron chi connectivity index (χ2n) is 5.62. The highest BCUT2D eigenvalue weighted by Gasteiger charge is 2.31. The summed E-state index contributed by atoms with van der Waals surface area (Å²) in [6.07, 6.45) is 0. The smallest absolute Gasteiger partial charge is 0.260 e. The molecule has 2 heterocycles. The molecular weight excluding hydrogens is 393 g/mol. The fourth-order valence-electron chi connectivity index (χ4n) is 2.72. The van der Waals surface area contributed by atoms with Crippen LogP contribution in [0.25, 0.3) is 0 Å². The molecule has 0 atom stereocenters. The van der Waals surface area contributed by atoms with E-state index >= 15 is 0 Å². The maximum Gasteiger partial charge on any atom is 0.260 e. The SMILES string of the molecule is O=S(=O)(c1cc(Cl)ccc1Cl)N1CCN(CN2CCOC2=S)CC1. The van der Waals surface area contributed by atoms with Crippen molar-refractivity contribution >= 4 is 50.6 Å². The van der Waals surface area contributed by atoms with Crippen molar-refractivity contribution in [2.45, 2.75) is 4.90 Å². The van der Waals surface area contributed by atoms with E-state index in [2.05, 4.69) is 4.90 Å². The molecule has 2 fully saturated rings. The first kappa shape index (κ1) is 18.2. The van der Waals surface area contributed by atoms with Crippen LogP contribution < -0.4 is 0 Å². The van der Waals surface area contributed by atoms with E-state index in [-0.39, 0.29) is 9.92 Å². The third-order valence-electron chi connectivity index (χ3n) is 4.06. The van der Waals surface area contributed by atoms with Gasteiger partial charge in [0.25, 0.3) is 5.17 Å². The van der Waals surface area contributed by atoms with Crippen LogP contribution in [-0.4, -0.2) is 73.7 Å². The predicted molar refractivity (Wildman–Crippen MR) is 96.9 cm³/mol. The molecule has 3 rings (SSSR count). The summed E-state index contributed by atoms with van der Waals surface area (Å²) in [4.78, 5) is 4.19. The first-order valence-corrected chi connectivity index (χ1v) is 10.1. The molecule has 0 bridgehead atoms. The van der Waals surface area contributed by atoms with E-state index < -0.39 is 10.0 Å². The van der Waals surface area contributed by atoms with Crippen molar-refractivity contribution in [2.75, 3.05) is 46.0 Å². The summed E-state index contributed by atoms with van der Waals surface area (Å²) in [6.45, 7) is 4.08. The van der Waals surface area contributed by atoms with Crippen LogP contribution in [0.15, 0.2) is 23.1 Å². The van der Waals surface area contributed by atoms with Crippen molar-refractivity contribution in [1.82, 2.24) is 14.1 Å². The maximum atomic E-state index is 12.8. The second kappa shape index (κ2) is 7.31. The lowest BCUT2D eigenvalue weighted by atomic mass is 10.4. The summed E-state index contributed by atoms with van der Waals surface area (Å²) in [5.41, 5.74) is 0. The van der Waals surface area contributed by atoms with E-state index in [1.54, 1.807) is 6.07 Å². The Morgan fingerprint density at radius 1 is 1.12 bits per heavy atom. The highest BCUT2D eigenvalue weighted by Crippen LogP contribution is 2.28. The molecule has 0 saturated carbocycles. The first-order chi connectivity index (χ1) is 11.4. The van der Waals surface area contributed by atoms with Crippen LogP contribution in [0.1, 0.15) is 0 Å². The highest BCUT2D eigenvalue weighted by molar-refractivity contribution is 7.89. The Labute approximate surface area is 156 Å². The van der Waals surface area contributed by atoms with Crippen LogP contribution in [0.3, 0.4) is 0 Å². The van der Waals surface area contributed by atoms with Crippen molar-refractivity contribution in [1.29, 1.82) is 0 Å². The van der Waals surface area contributed by atoms with Crippen molar-refractivity contribution < 1.29 is 13.2 Å². The van der Waals surface area contributed by atoms with E-state index in [1.807, 2.05) is 4.90 Å². The number of thiocarbonyl (C=S) groups is 1. The van der Waals surface area contributed by atoms with Crippen molar-refractivity contribution in [3.63, 3.8) is 0 Å². The Morgan fingerprint density at radius 3 is 2.46 bits per heavy atom. The van der Waals surface area contributed by atoms with Gasteiger partial charge in [-0.1, -0.05) is 23.2 Å². The summed E-state index contributed by atoms with van der Waals surface area (Å²) < 4.78 is 32.3. The van der Waals surface area contributed by atoms with Crippen molar-refractivity contribution in [3.8, 4) is 0 Å². The molecule has 0 aromatic heterocycles. The van der Waals surface area contributed by atoms with Crippen molar-refractivity contribution in [3.05, 3.63) is 28.2 Å². The zero-order valence-electron chi connectivity index (χ0n) is 12.8. The van der Waals surface area contributed by atoms with Gasteiger partial charge in [-0.05, 0) is 30.4 Å². The number of rotatable bonds is 4. The molecule has 1 aromatic rings. The molecule has 0 unspecified atom stereocenters. The maximum absolute atomic E-state index is 12.8. The van der Waals surface area contributed by atoms with E-state index in [0.717, 1.165) is 6.54 Å². The number of halogens is 2. The second-order valence-corrected chi connectivity index (χ2v) is 8.72. The minimum Gasteiger partial charge on any atom is -0.469 e. The number of ether oxygens (including phenoxy) is 1. The molecule has 24 heavy (non-hydrogen) atoms. The molecule has 0 radical (unpaired) electrons. The quantitative estimate of drug-likeness (QED) is 0.707. The third kappa shape index (κ3) is 3.79. The minimum absolute atomic E-state index is 0.0548. The molecule has 2 aliphatic heterocycles.